The number of hydrogen-bond donors (Lipinski definition) is 1. The lowest BCUT2D eigenvalue weighted by molar-refractivity contribution is 0.101. The van der Waals surface area contributed by atoms with E-state index in [2.05, 4.69) is 4.90 Å². The number of benzene rings is 1. The van der Waals surface area contributed by atoms with Gasteiger partial charge in [-0.25, -0.2) is 8.42 Å². The summed E-state index contributed by atoms with van der Waals surface area (Å²) in [5.74, 6) is -0.0594. The van der Waals surface area contributed by atoms with Crippen molar-refractivity contribution in [2.75, 3.05) is 24.6 Å². The van der Waals surface area contributed by atoms with E-state index >= 15 is 0 Å². The number of rotatable bonds is 5. The average Bonchev–Trinajstić information content (AvgIpc) is 3.33. The zero-order valence-corrected chi connectivity index (χ0v) is 15.1. The van der Waals surface area contributed by atoms with Crippen molar-refractivity contribution in [1.82, 2.24) is 0 Å². The maximum Gasteiger partial charge on any atom is 0.183 e. The number of sulfone groups is 1. The molecule has 0 aromatic heterocycles. The zero-order valence-electron chi connectivity index (χ0n) is 14.3. The molecule has 1 saturated heterocycles. The fourth-order valence-corrected chi connectivity index (χ4v) is 4.67. The van der Waals surface area contributed by atoms with Crippen LogP contribution in [0.2, 0.25) is 0 Å². The fraction of sp³-hybridized carbons (Fsp3) is 0.611. The van der Waals surface area contributed by atoms with E-state index in [1.54, 1.807) is 12.1 Å². The van der Waals surface area contributed by atoms with Crippen molar-refractivity contribution < 1.29 is 18.3 Å². The molecule has 0 unspecified atom stereocenters. The van der Waals surface area contributed by atoms with Crippen molar-refractivity contribution in [3.05, 3.63) is 23.8 Å². The summed E-state index contributed by atoms with van der Waals surface area (Å²) >= 11 is 0. The summed E-state index contributed by atoms with van der Waals surface area (Å²) in [6, 6.07) is 4.70. The third-order valence-electron chi connectivity index (χ3n) is 5.59. The van der Waals surface area contributed by atoms with Gasteiger partial charge < -0.3 is 10.0 Å². The molecular formula is C18H25NO4S. The molecule has 1 aliphatic carbocycles. The van der Waals surface area contributed by atoms with Crippen LogP contribution in [-0.4, -0.2) is 44.3 Å². The van der Waals surface area contributed by atoms with E-state index < -0.39 is 21.7 Å². The van der Waals surface area contributed by atoms with Crippen LogP contribution in [0.25, 0.3) is 0 Å². The fourth-order valence-electron chi connectivity index (χ4n) is 3.48. The van der Waals surface area contributed by atoms with E-state index in [0.29, 0.717) is 16.7 Å². The minimum Gasteiger partial charge on any atom is -0.395 e. The molecule has 0 radical (unpaired) electrons. The second kappa shape index (κ2) is 6.15. The van der Waals surface area contributed by atoms with Gasteiger partial charge in [-0.1, -0.05) is 0 Å². The normalized spacial score (nSPS) is 20.9. The van der Waals surface area contributed by atoms with Gasteiger partial charge >= 0.3 is 0 Å². The second-order valence-electron chi connectivity index (χ2n) is 7.26. The Morgan fingerprint density at radius 1 is 1.25 bits per heavy atom. The van der Waals surface area contributed by atoms with Crippen LogP contribution in [0.5, 0.6) is 0 Å². The number of carbonyl (C=O) groups is 1. The monoisotopic (exact) mass is 351 g/mol. The highest BCUT2D eigenvalue weighted by Crippen LogP contribution is 2.54. The quantitative estimate of drug-likeness (QED) is 0.825. The zero-order chi connectivity index (χ0) is 17.5. The molecular weight excluding hydrogens is 326 g/mol. The molecule has 2 fully saturated rings. The number of ketones is 1. The van der Waals surface area contributed by atoms with Crippen LogP contribution < -0.4 is 4.90 Å². The molecule has 0 amide bonds. The van der Waals surface area contributed by atoms with Gasteiger partial charge in [0.15, 0.2) is 15.6 Å². The highest BCUT2D eigenvalue weighted by Gasteiger charge is 2.44. The lowest BCUT2D eigenvalue weighted by Crippen LogP contribution is -2.35. The Balaban J connectivity index is 1.96. The molecule has 24 heavy (non-hydrogen) atoms. The highest BCUT2D eigenvalue weighted by atomic mass is 32.2. The van der Waals surface area contributed by atoms with Crippen molar-refractivity contribution >= 4 is 21.3 Å². The number of aliphatic hydroxyl groups excluding tert-OH is 1. The Labute approximate surface area is 143 Å². The summed E-state index contributed by atoms with van der Waals surface area (Å²) < 4.78 is 25.1. The van der Waals surface area contributed by atoms with Gasteiger partial charge in [-0.15, -0.1) is 0 Å². The molecule has 1 atom stereocenters. The third kappa shape index (κ3) is 3.09. The molecule has 1 aromatic rings. The summed E-state index contributed by atoms with van der Waals surface area (Å²) in [7, 11) is -3.59. The van der Waals surface area contributed by atoms with Crippen molar-refractivity contribution in [1.29, 1.82) is 0 Å². The molecule has 1 N–H and O–H groups in total. The van der Waals surface area contributed by atoms with E-state index in [9.17, 15) is 18.3 Å². The van der Waals surface area contributed by atoms with Gasteiger partial charge in [-0.2, -0.15) is 0 Å². The van der Waals surface area contributed by atoms with E-state index in [4.69, 9.17) is 0 Å². The third-order valence-corrected chi connectivity index (χ3v) is 7.71. The van der Waals surface area contributed by atoms with Gasteiger partial charge in [0.2, 0.25) is 0 Å². The predicted molar refractivity (Wildman–Crippen MR) is 93.3 cm³/mol. The molecule has 2 aliphatic rings. The Kier molecular flexibility index (Phi) is 4.47. The molecule has 6 heteroatoms. The van der Waals surface area contributed by atoms with Gasteiger partial charge in [0.1, 0.15) is 0 Å². The minimum atomic E-state index is -3.59. The Bertz CT molecular complexity index is 742. The van der Waals surface area contributed by atoms with E-state index in [0.717, 1.165) is 25.9 Å². The van der Waals surface area contributed by atoms with Crippen molar-refractivity contribution in [3.8, 4) is 0 Å². The molecule has 3 rings (SSSR count). The number of Topliss-reactive ketones (excluding diaryl/α,β-unsaturated/α-hetero) is 1. The predicted octanol–water partition coefficient (Wildman–Crippen LogP) is 2.42. The lowest BCUT2D eigenvalue weighted by atomic mass is 9.93. The minimum absolute atomic E-state index is 0.0594. The van der Waals surface area contributed by atoms with E-state index in [-0.39, 0.29) is 10.7 Å². The van der Waals surface area contributed by atoms with Gasteiger partial charge in [0.25, 0.3) is 0 Å². The standard InChI is InChI=1S/C18H25NO4S/c1-13(12-20)24(22,23)15-3-4-16(14(2)21)17(11-15)19-9-7-18(5-6-18)8-10-19/h3-4,11,13,20H,5-10,12H2,1-2H3/t13-/m0/s1. The summed E-state index contributed by atoms with van der Waals surface area (Å²) in [5.41, 5.74) is 1.80. The first kappa shape index (κ1) is 17.4. The molecule has 132 valence electrons. The summed E-state index contributed by atoms with van der Waals surface area (Å²) in [6.07, 6.45) is 4.80. The van der Waals surface area contributed by atoms with Gasteiger partial charge in [-0.05, 0) is 63.1 Å². The number of carbonyl (C=O) groups excluding carboxylic acids is 1. The van der Waals surface area contributed by atoms with Gasteiger partial charge in [-0.3, -0.25) is 4.79 Å². The molecule has 1 heterocycles. The first-order valence-electron chi connectivity index (χ1n) is 8.54. The first-order valence-corrected chi connectivity index (χ1v) is 10.1. The summed E-state index contributed by atoms with van der Waals surface area (Å²) in [5, 5.41) is 8.36. The molecule has 1 spiro atoms. The van der Waals surface area contributed by atoms with Crippen LogP contribution in [-0.2, 0) is 9.84 Å². The largest absolute Gasteiger partial charge is 0.395 e. The maximum absolute atomic E-state index is 12.5. The average molecular weight is 351 g/mol. The van der Waals surface area contributed by atoms with E-state index in [1.165, 1.54) is 32.8 Å². The van der Waals surface area contributed by atoms with Crippen molar-refractivity contribution in [2.24, 2.45) is 5.41 Å². The van der Waals surface area contributed by atoms with Gasteiger partial charge in [0, 0.05) is 24.3 Å². The highest BCUT2D eigenvalue weighted by molar-refractivity contribution is 7.92. The Hall–Kier alpha value is -1.40. The lowest BCUT2D eigenvalue weighted by Gasteiger charge is -2.35. The Morgan fingerprint density at radius 2 is 1.88 bits per heavy atom. The number of hydrogen-bond acceptors (Lipinski definition) is 5. The second-order valence-corrected chi connectivity index (χ2v) is 9.63. The maximum atomic E-state index is 12.5. The van der Waals surface area contributed by atoms with Crippen LogP contribution in [0.3, 0.4) is 0 Å². The smallest absolute Gasteiger partial charge is 0.183 e. The van der Waals surface area contributed by atoms with E-state index in [1.807, 2.05) is 0 Å². The topological polar surface area (TPSA) is 74.7 Å². The molecule has 1 saturated carbocycles. The van der Waals surface area contributed by atoms with Crippen LogP contribution in [0.1, 0.15) is 49.9 Å². The summed E-state index contributed by atoms with van der Waals surface area (Å²) in [6.45, 7) is 4.30. The number of aliphatic hydroxyl groups is 1. The molecule has 1 aliphatic heterocycles. The first-order chi connectivity index (χ1) is 11.3. The van der Waals surface area contributed by atoms with Crippen LogP contribution in [0.4, 0.5) is 5.69 Å². The number of piperidine rings is 1. The van der Waals surface area contributed by atoms with Crippen molar-refractivity contribution in [2.45, 2.75) is 49.7 Å². The summed E-state index contributed by atoms with van der Waals surface area (Å²) in [4.78, 5) is 14.3. The molecule has 1 aromatic carbocycles. The number of anilines is 1. The van der Waals surface area contributed by atoms with Gasteiger partial charge in [0.05, 0.1) is 16.8 Å². The SMILES string of the molecule is CC(=O)c1ccc(S(=O)(=O)[C@@H](C)CO)cc1N1CCC2(CC1)CC2. The van der Waals surface area contributed by atoms with Crippen molar-refractivity contribution in [3.63, 3.8) is 0 Å². The van der Waals surface area contributed by atoms with Crippen LogP contribution >= 0.6 is 0 Å². The Morgan fingerprint density at radius 3 is 2.38 bits per heavy atom. The molecule has 5 nitrogen and oxygen atoms in total. The number of nitrogens with zero attached hydrogens (tertiary/aromatic N) is 1. The molecule has 0 bridgehead atoms. The van der Waals surface area contributed by atoms with Crippen LogP contribution in [0.15, 0.2) is 23.1 Å². The van der Waals surface area contributed by atoms with Crippen LogP contribution in [0, 0.1) is 5.41 Å².